The van der Waals surface area contributed by atoms with Gasteiger partial charge in [0.2, 0.25) is 0 Å². The molecule has 2 atom stereocenters. The number of ether oxygens (including phenoxy) is 2. The molecule has 1 aromatic carbocycles. The number of hydrogen-bond acceptors (Lipinski definition) is 5. The van der Waals surface area contributed by atoms with Crippen molar-refractivity contribution < 1.29 is 24.8 Å². The van der Waals surface area contributed by atoms with E-state index in [1.54, 1.807) is 6.07 Å². The molecule has 0 aliphatic carbocycles. The summed E-state index contributed by atoms with van der Waals surface area (Å²) in [5.41, 5.74) is 1.97. The standard InChI is InChI=1S/C16H26O5/c1-10(6-17)11(2)9-21-15-5-13(7-18)14(8-19)16(20-4)12(15)3/h5,10-11,17-19H,6-9H2,1-4H3/t10-,11+/m1/s1. The van der Waals surface area contributed by atoms with Crippen molar-refractivity contribution in [2.75, 3.05) is 20.3 Å². The van der Waals surface area contributed by atoms with Gasteiger partial charge in [-0.3, -0.25) is 0 Å². The minimum Gasteiger partial charge on any atom is -0.496 e. The molecular formula is C16H26O5. The molecular weight excluding hydrogens is 272 g/mol. The number of rotatable bonds is 8. The smallest absolute Gasteiger partial charge is 0.131 e. The Bertz CT molecular complexity index is 458. The zero-order valence-electron chi connectivity index (χ0n) is 13.2. The molecule has 0 saturated heterocycles. The second kappa shape index (κ2) is 8.22. The van der Waals surface area contributed by atoms with Gasteiger partial charge in [-0.25, -0.2) is 0 Å². The quantitative estimate of drug-likeness (QED) is 0.680. The van der Waals surface area contributed by atoms with Crippen LogP contribution in [-0.2, 0) is 13.2 Å². The Morgan fingerprint density at radius 3 is 2.24 bits per heavy atom. The van der Waals surface area contributed by atoms with Crippen LogP contribution in [0.4, 0.5) is 0 Å². The molecule has 5 heteroatoms. The van der Waals surface area contributed by atoms with Crippen molar-refractivity contribution in [2.24, 2.45) is 11.8 Å². The van der Waals surface area contributed by atoms with Gasteiger partial charge < -0.3 is 24.8 Å². The average molecular weight is 298 g/mol. The maximum Gasteiger partial charge on any atom is 0.131 e. The molecule has 5 nitrogen and oxygen atoms in total. The number of aliphatic hydroxyl groups is 3. The Morgan fingerprint density at radius 2 is 1.76 bits per heavy atom. The molecule has 0 spiro atoms. The Hall–Kier alpha value is -1.30. The topological polar surface area (TPSA) is 79.2 Å². The van der Waals surface area contributed by atoms with Gasteiger partial charge in [0.15, 0.2) is 0 Å². The third-order valence-electron chi connectivity index (χ3n) is 3.97. The molecule has 3 N–H and O–H groups in total. The van der Waals surface area contributed by atoms with Gasteiger partial charge >= 0.3 is 0 Å². The van der Waals surface area contributed by atoms with E-state index in [0.717, 1.165) is 5.56 Å². The van der Waals surface area contributed by atoms with Crippen molar-refractivity contribution in [1.82, 2.24) is 0 Å². The largest absolute Gasteiger partial charge is 0.496 e. The molecule has 0 amide bonds. The van der Waals surface area contributed by atoms with Crippen LogP contribution in [0.1, 0.15) is 30.5 Å². The molecule has 0 aromatic heterocycles. The van der Waals surface area contributed by atoms with Crippen molar-refractivity contribution in [3.05, 3.63) is 22.8 Å². The average Bonchev–Trinajstić information content (AvgIpc) is 2.51. The van der Waals surface area contributed by atoms with E-state index in [-0.39, 0.29) is 31.7 Å². The summed E-state index contributed by atoms with van der Waals surface area (Å²) in [5.74, 6) is 1.53. The second-order valence-electron chi connectivity index (χ2n) is 5.44. The lowest BCUT2D eigenvalue weighted by Gasteiger charge is -2.21. The van der Waals surface area contributed by atoms with Crippen LogP contribution < -0.4 is 9.47 Å². The molecule has 0 heterocycles. The molecule has 0 bridgehead atoms. The third kappa shape index (κ3) is 4.09. The van der Waals surface area contributed by atoms with Gasteiger partial charge in [0, 0.05) is 17.7 Å². The first-order valence-electron chi connectivity index (χ1n) is 7.14. The summed E-state index contributed by atoms with van der Waals surface area (Å²) in [7, 11) is 1.53. The summed E-state index contributed by atoms with van der Waals surface area (Å²) in [6, 6.07) is 1.74. The number of benzene rings is 1. The minimum atomic E-state index is -0.196. The van der Waals surface area contributed by atoms with Gasteiger partial charge in [0.05, 0.1) is 26.9 Å². The SMILES string of the molecule is COc1c(C)c(OC[C@H](C)[C@H](C)CO)cc(CO)c1CO. The molecule has 0 unspecified atom stereocenters. The lowest BCUT2D eigenvalue weighted by Crippen LogP contribution is -2.19. The second-order valence-corrected chi connectivity index (χ2v) is 5.44. The Kier molecular flexibility index (Phi) is 6.95. The molecule has 0 radical (unpaired) electrons. The number of hydrogen-bond donors (Lipinski definition) is 3. The van der Waals surface area contributed by atoms with E-state index in [1.165, 1.54) is 7.11 Å². The van der Waals surface area contributed by atoms with E-state index in [9.17, 15) is 10.2 Å². The van der Waals surface area contributed by atoms with E-state index in [4.69, 9.17) is 14.6 Å². The van der Waals surface area contributed by atoms with Crippen molar-refractivity contribution in [2.45, 2.75) is 34.0 Å². The fourth-order valence-electron chi connectivity index (χ4n) is 2.14. The lowest BCUT2D eigenvalue weighted by molar-refractivity contribution is 0.150. The Labute approximate surface area is 126 Å². The van der Waals surface area contributed by atoms with Gasteiger partial charge in [0.25, 0.3) is 0 Å². The van der Waals surface area contributed by atoms with Crippen LogP contribution in [0.2, 0.25) is 0 Å². The van der Waals surface area contributed by atoms with Gasteiger partial charge in [0.1, 0.15) is 11.5 Å². The summed E-state index contributed by atoms with van der Waals surface area (Å²) in [5, 5.41) is 28.0. The first kappa shape index (κ1) is 17.8. The van der Waals surface area contributed by atoms with Gasteiger partial charge in [-0.1, -0.05) is 13.8 Å². The predicted octanol–water partition coefficient (Wildman–Crippen LogP) is 1.63. The first-order chi connectivity index (χ1) is 9.99. The summed E-state index contributed by atoms with van der Waals surface area (Å²) in [4.78, 5) is 0. The summed E-state index contributed by atoms with van der Waals surface area (Å²) in [6.07, 6.45) is 0. The predicted molar refractivity (Wildman–Crippen MR) is 80.5 cm³/mol. The summed E-state index contributed by atoms with van der Waals surface area (Å²) in [6.45, 7) is 6.05. The molecule has 0 saturated carbocycles. The number of aliphatic hydroxyl groups excluding tert-OH is 3. The van der Waals surface area contributed by atoms with Crippen molar-refractivity contribution in [1.29, 1.82) is 0 Å². The highest BCUT2D eigenvalue weighted by Crippen LogP contribution is 2.35. The molecule has 0 aliphatic rings. The highest BCUT2D eigenvalue weighted by atomic mass is 16.5. The van der Waals surface area contributed by atoms with Crippen LogP contribution in [0, 0.1) is 18.8 Å². The molecule has 1 rings (SSSR count). The van der Waals surface area contributed by atoms with Gasteiger partial charge in [-0.15, -0.1) is 0 Å². The zero-order chi connectivity index (χ0) is 16.0. The van der Waals surface area contributed by atoms with Crippen LogP contribution in [0.25, 0.3) is 0 Å². The summed E-state index contributed by atoms with van der Waals surface area (Å²) >= 11 is 0. The molecule has 21 heavy (non-hydrogen) atoms. The monoisotopic (exact) mass is 298 g/mol. The highest BCUT2D eigenvalue weighted by molar-refractivity contribution is 5.53. The highest BCUT2D eigenvalue weighted by Gasteiger charge is 2.18. The molecule has 1 aromatic rings. The zero-order valence-corrected chi connectivity index (χ0v) is 13.2. The first-order valence-corrected chi connectivity index (χ1v) is 7.14. The van der Waals surface area contributed by atoms with Crippen molar-refractivity contribution >= 4 is 0 Å². The molecule has 0 fully saturated rings. The fourth-order valence-corrected chi connectivity index (χ4v) is 2.14. The van der Waals surface area contributed by atoms with Gasteiger partial charge in [-0.05, 0) is 30.4 Å². The van der Waals surface area contributed by atoms with E-state index in [2.05, 4.69) is 0 Å². The van der Waals surface area contributed by atoms with Crippen LogP contribution in [-0.4, -0.2) is 35.6 Å². The summed E-state index contributed by atoms with van der Waals surface area (Å²) < 4.78 is 11.2. The van der Waals surface area contributed by atoms with Crippen LogP contribution in [0.5, 0.6) is 11.5 Å². The van der Waals surface area contributed by atoms with Crippen LogP contribution >= 0.6 is 0 Å². The lowest BCUT2D eigenvalue weighted by atomic mass is 9.98. The third-order valence-corrected chi connectivity index (χ3v) is 3.97. The van der Waals surface area contributed by atoms with E-state index in [1.807, 2.05) is 20.8 Å². The van der Waals surface area contributed by atoms with E-state index < -0.39 is 0 Å². The Balaban J connectivity index is 3.02. The Morgan fingerprint density at radius 1 is 1.10 bits per heavy atom. The molecule has 0 aliphatic heterocycles. The molecule has 120 valence electrons. The maximum absolute atomic E-state index is 9.44. The van der Waals surface area contributed by atoms with Crippen molar-refractivity contribution in [3.63, 3.8) is 0 Å². The van der Waals surface area contributed by atoms with Crippen LogP contribution in [0.3, 0.4) is 0 Å². The minimum absolute atomic E-state index is 0.123. The normalized spacial score (nSPS) is 13.9. The fraction of sp³-hybridized carbons (Fsp3) is 0.625. The van der Waals surface area contributed by atoms with Crippen molar-refractivity contribution in [3.8, 4) is 11.5 Å². The van der Waals surface area contributed by atoms with E-state index in [0.29, 0.717) is 29.2 Å². The number of methoxy groups -OCH3 is 1. The van der Waals surface area contributed by atoms with Crippen LogP contribution in [0.15, 0.2) is 6.07 Å². The van der Waals surface area contributed by atoms with Gasteiger partial charge in [-0.2, -0.15) is 0 Å². The maximum atomic E-state index is 9.44. The van der Waals surface area contributed by atoms with E-state index >= 15 is 0 Å².